The summed E-state index contributed by atoms with van der Waals surface area (Å²) in [7, 11) is 0. The molecule has 1 fully saturated rings. The van der Waals surface area contributed by atoms with Crippen molar-refractivity contribution in [3.8, 4) is 0 Å². The standard InChI is InChI=1S/C16H25ClN2/c1-12(2)16-8-5-10-19(16)11-9-15(18)13-6-3-4-7-14(13)17/h3-4,6-7,12,15-16H,5,8-11,18H2,1-2H3. The van der Waals surface area contributed by atoms with Crippen molar-refractivity contribution in [3.05, 3.63) is 34.9 Å². The Balaban J connectivity index is 1.90. The van der Waals surface area contributed by atoms with Gasteiger partial charge in [0.1, 0.15) is 0 Å². The van der Waals surface area contributed by atoms with Crippen LogP contribution < -0.4 is 5.73 Å². The second-order valence-electron chi connectivity index (χ2n) is 5.91. The Kier molecular flexibility index (Phi) is 5.26. The fourth-order valence-electron chi connectivity index (χ4n) is 3.12. The lowest BCUT2D eigenvalue weighted by molar-refractivity contribution is 0.200. The lowest BCUT2D eigenvalue weighted by Gasteiger charge is -2.28. The van der Waals surface area contributed by atoms with Gasteiger partial charge in [-0.1, -0.05) is 43.6 Å². The fraction of sp³-hybridized carbons (Fsp3) is 0.625. The molecule has 106 valence electrons. The molecule has 0 saturated carbocycles. The Morgan fingerprint density at radius 2 is 2.11 bits per heavy atom. The molecule has 2 N–H and O–H groups in total. The Bertz CT molecular complexity index is 405. The van der Waals surface area contributed by atoms with Crippen LogP contribution in [0, 0.1) is 5.92 Å². The Hall–Kier alpha value is -0.570. The number of hydrogen-bond donors (Lipinski definition) is 1. The van der Waals surface area contributed by atoms with E-state index >= 15 is 0 Å². The van der Waals surface area contributed by atoms with Crippen LogP contribution >= 0.6 is 11.6 Å². The maximum absolute atomic E-state index is 6.28. The van der Waals surface area contributed by atoms with Crippen LogP contribution in [0.15, 0.2) is 24.3 Å². The third-order valence-electron chi connectivity index (χ3n) is 4.22. The van der Waals surface area contributed by atoms with E-state index in [-0.39, 0.29) is 6.04 Å². The minimum absolute atomic E-state index is 0.0436. The first-order chi connectivity index (χ1) is 9.09. The first-order valence-corrected chi connectivity index (χ1v) is 7.71. The highest BCUT2D eigenvalue weighted by Gasteiger charge is 2.27. The van der Waals surface area contributed by atoms with E-state index < -0.39 is 0 Å². The SMILES string of the molecule is CC(C)C1CCCN1CCC(N)c1ccccc1Cl. The number of nitrogens with two attached hydrogens (primary N) is 1. The fourth-order valence-corrected chi connectivity index (χ4v) is 3.40. The van der Waals surface area contributed by atoms with Crippen molar-refractivity contribution in [3.63, 3.8) is 0 Å². The smallest absolute Gasteiger partial charge is 0.0453 e. The third-order valence-corrected chi connectivity index (χ3v) is 4.56. The number of hydrogen-bond acceptors (Lipinski definition) is 2. The van der Waals surface area contributed by atoms with E-state index in [4.69, 9.17) is 17.3 Å². The minimum atomic E-state index is 0.0436. The van der Waals surface area contributed by atoms with Gasteiger partial charge in [0, 0.05) is 23.7 Å². The lowest BCUT2D eigenvalue weighted by atomic mass is 10.0. The number of rotatable bonds is 5. The van der Waals surface area contributed by atoms with Gasteiger partial charge in [-0.25, -0.2) is 0 Å². The summed E-state index contributed by atoms with van der Waals surface area (Å²) in [6.07, 6.45) is 3.64. The predicted octanol–water partition coefficient (Wildman–Crippen LogP) is 3.85. The maximum atomic E-state index is 6.28. The van der Waals surface area contributed by atoms with E-state index in [0.717, 1.165) is 35.5 Å². The molecule has 19 heavy (non-hydrogen) atoms. The molecule has 0 amide bonds. The molecule has 1 aliphatic heterocycles. The molecule has 0 aliphatic carbocycles. The molecule has 1 aliphatic rings. The van der Waals surface area contributed by atoms with Gasteiger partial charge in [-0.15, -0.1) is 0 Å². The van der Waals surface area contributed by atoms with Gasteiger partial charge < -0.3 is 10.6 Å². The number of halogens is 1. The summed E-state index contributed by atoms with van der Waals surface area (Å²) in [5, 5.41) is 0.789. The molecule has 2 rings (SSSR count). The highest BCUT2D eigenvalue weighted by atomic mass is 35.5. The molecule has 1 aromatic rings. The summed E-state index contributed by atoms with van der Waals surface area (Å²) in [6, 6.07) is 8.70. The van der Waals surface area contributed by atoms with Crippen molar-refractivity contribution >= 4 is 11.6 Å². The number of benzene rings is 1. The molecule has 2 unspecified atom stereocenters. The van der Waals surface area contributed by atoms with E-state index in [1.54, 1.807) is 0 Å². The average molecular weight is 281 g/mol. The third kappa shape index (κ3) is 3.71. The van der Waals surface area contributed by atoms with E-state index in [2.05, 4.69) is 18.7 Å². The minimum Gasteiger partial charge on any atom is -0.324 e. The predicted molar refractivity (Wildman–Crippen MR) is 82.4 cm³/mol. The summed E-state index contributed by atoms with van der Waals surface area (Å²) >= 11 is 6.20. The van der Waals surface area contributed by atoms with Crippen LogP contribution in [0.1, 0.15) is 44.7 Å². The Morgan fingerprint density at radius 3 is 2.79 bits per heavy atom. The average Bonchev–Trinajstić information content (AvgIpc) is 2.85. The van der Waals surface area contributed by atoms with Crippen LogP contribution in [0.2, 0.25) is 5.02 Å². The van der Waals surface area contributed by atoms with Crippen molar-refractivity contribution in [2.24, 2.45) is 11.7 Å². The highest BCUT2D eigenvalue weighted by Crippen LogP contribution is 2.27. The first-order valence-electron chi connectivity index (χ1n) is 7.33. The van der Waals surface area contributed by atoms with E-state index in [1.807, 2.05) is 24.3 Å². The summed E-state index contributed by atoms with van der Waals surface area (Å²) in [6.45, 7) is 6.93. The zero-order chi connectivity index (χ0) is 13.8. The van der Waals surface area contributed by atoms with Crippen LogP contribution in [-0.2, 0) is 0 Å². The molecule has 0 spiro atoms. The zero-order valence-electron chi connectivity index (χ0n) is 12.0. The quantitative estimate of drug-likeness (QED) is 0.888. The van der Waals surface area contributed by atoms with Gasteiger partial charge >= 0.3 is 0 Å². The van der Waals surface area contributed by atoms with Gasteiger partial charge in [-0.2, -0.15) is 0 Å². The molecule has 0 radical (unpaired) electrons. The van der Waals surface area contributed by atoms with E-state index in [9.17, 15) is 0 Å². The summed E-state index contributed by atoms with van der Waals surface area (Å²) in [4.78, 5) is 2.60. The first kappa shape index (κ1) is 14.8. The van der Waals surface area contributed by atoms with Crippen LogP contribution in [0.3, 0.4) is 0 Å². The number of likely N-dealkylation sites (tertiary alicyclic amines) is 1. The van der Waals surface area contributed by atoms with Crippen LogP contribution in [0.25, 0.3) is 0 Å². The molecule has 2 atom stereocenters. The highest BCUT2D eigenvalue weighted by molar-refractivity contribution is 6.31. The molecular weight excluding hydrogens is 256 g/mol. The summed E-state index contributed by atoms with van der Waals surface area (Å²) in [5.74, 6) is 0.735. The molecule has 0 bridgehead atoms. The zero-order valence-corrected chi connectivity index (χ0v) is 12.7. The Morgan fingerprint density at radius 1 is 1.37 bits per heavy atom. The largest absolute Gasteiger partial charge is 0.324 e. The van der Waals surface area contributed by atoms with E-state index in [1.165, 1.54) is 19.4 Å². The van der Waals surface area contributed by atoms with Gasteiger partial charge in [0.15, 0.2) is 0 Å². The molecule has 2 nitrogen and oxygen atoms in total. The molecule has 3 heteroatoms. The van der Waals surface area contributed by atoms with Crippen molar-refractivity contribution in [1.29, 1.82) is 0 Å². The second kappa shape index (κ2) is 6.74. The van der Waals surface area contributed by atoms with Crippen LogP contribution in [-0.4, -0.2) is 24.0 Å². The maximum Gasteiger partial charge on any atom is 0.0453 e. The molecule has 1 aromatic carbocycles. The second-order valence-corrected chi connectivity index (χ2v) is 6.31. The molecule has 1 heterocycles. The number of nitrogens with zero attached hydrogens (tertiary/aromatic N) is 1. The molecule has 1 saturated heterocycles. The summed E-state index contributed by atoms with van der Waals surface area (Å²) in [5.41, 5.74) is 7.36. The van der Waals surface area contributed by atoms with Gasteiger partial charge in [0.05, 0.1) is 0 Å². The van der Waals surface area contributed by atoms with E-state index in [0.29, 0.717) is 0 Å². The normalized spacial score (nSPS) is 22.1. The van der Waals surface area contributed by atoms with Crippen molar-refractivity contribution < 1.29 is 0 Å². The van der Waals surface area contributed by atoms with Gasteiger partial charge in [-0.05, 0) is 43.4 Å². The lowest BCUT2D eigenvalue weighted by Crippen LogP contribution is -2.35. The van der Waals surface area contributed by atoms with Crippen molar-refractivity contribution in [1.82, 2.24) is 4.90 Å². The van der Waals surface area contributed by atoms with Gasteiger partial charge in [0.25, 0.3) is 0 Å². The molecular formula is C16H25ClN2. The van der Waals surface area contributed by atoms with Crippen LogP contribution in [0.5, 0.6) is 0 Å². The van der Waals surface area contributed by atoms with Crippen molar-refractivity contribution in [2.45, 2.75) is 45.2 Å². The Labute approximate surface area is 121 Å². The van der Waals surface area contributed by atoms with Crippen LogP contribution in [0.4, 0.5) is 0 Å². The monoisotopic (exact) mass is 280 g/mol. The van der Waals surface area contributed by atoms with Gasteiger partial charge in [-0.3, -0.25) is 0 Å². The van der Waals surface area contributed by atoms with Gasteiger partial charge in [0.2, 0.25) is 0 Å². The topological polar surface area (TPSA) is 29.3 Å². The van der Waals surface area contributed by atoms with Crippen molar-refractivity contribution in [2.75, 3.05) is 13.1 Å². The molecule has 0 aromatic heterocycles. The summed E-state index contributed by atoms with van der Waals surface area (Å²) < 4.78 is 0.